The summed E-state index contributed by atoms with van der Waals surface area (Å²) in [7, 11) is 0.628. The van der Waals surface area contributed by atoms with E-state index in [1.165, 1.54) is 18.6 Å². The molecule has 0 aromatic carbocycles. The van der Waals surface area contributed by atoms with Gasteiger partial charge < -0.3 is 5.11 Å². The van der Waals surface area contributed by atoms with Gasteiger partial charge in [-0.2, -0.15) is 0 Å². The maximum absolute atomic E-state index is 9.02. The van der Waals surface area contributed by atoms with Crippen molar-refractivity contribution in [3.63, 3.8) is 0 Å². The minimum absolute atomic E-state index is 0. The molecule has 1 unspecified atom stereocenters. The number of aromatic nitrogens is 4. The molecule has 2 aromatic rings. The Kier molecular flexibility index (Phi) is 31.6. The summed E-state index contributed by atoms with van der Waals surface area (Å²) in [6, 6.07) is 0. The van der Waals surface area contributed by atoms with Crippen LogP contribution in [0, 0.1) is 0 Å². The van der Waals surface area contributed by atoms with Crippen molar-refractivity contribution in [2.24, 2.45) is 0 Å². The Morgan fingerprint density at radius 2 is 1.48 bits per heavy atom. The number of rotatable bonds is 1. The van der Waals surface area contributed by atoms with Crippen LogP contribution in [0.5, 0.6) is 0 Å². The standard InChI is InChI=1S/C6H7ClN2O.C4H3ClN2.CH4.5HI.2V/c1-4(10)5-6(7)9-3-2-8-5;5-4-3-6-1-2-7-4;;;;;;;;/h2-4,10H,1H3;1-3H;1H4;5*1H;;/q;;;;;;;;+2;+3/p-5. The summed E-state index contributed by atoms with van der Waals surface area (Å²) in [5.41, 5.74) is 0.421. The first-order valence-corrected chi connectivity index (χ1v) is 28.8. The first kappa shape index (κ1) is 33.2. The molecule has 0 aliphatic heterocycles. The molecule has 0 amide bonds. The van der Waals surface area contributed by atoms with E-state index >= 15 is 0 Å². The number of halogens is 7. The van der Waals surface area contributed by atoms with Gasteiger partial charge >= 0.3 is 114 Å². The Labute approximate surface area is 225 Å². The second-order valence-electron chi connectivity index (χ2n) is 3.19. The Balaban J connectivity index is -0.000000284. The summed E-state index contributed by atoms with van der Waals surface area (Å²) in [5.74, 6) is 0. The molecule has 14 heteroatoms. The molecule has 0 aliphatic carbocycles. The molecular formula is C11H14Cl2I5N4OV2. The van der Waals surface area contributed by atoms with Crippen LogP contribution in [0.3, 0.4) is 0 Å². The van der Waals surface area contributed by atoms with Gasteiger partial charge in [-0.1, -0.05) is 30.6 Å². The van der Waals surface area contributed by atoms with E-state index in [2.05, 4.69) is 120 Å². The van der Waals surface area contributed by atoms with Crippen molar-refractivity contribution in [1.82, 2.24) is 19.9 Å². The summed E-state index contributed by atoms with van der Waals surface area (Å²) in [6.07, 6.45) is 6.93. The van der Waals surface area contributed by atoms with Crippen LogP contribution in [0.2, 0.25) is 10.3 Å². The fourth-order valence-corrected chi connectivity index (χ4v) is 1.27. The molecule has 0 fully saturated rings. The molecular weight excluding hydrogens is 1010 g/mol. The van der Waals surface area contributed by atoms with E-state index in [1.807, 2.05) is 0 Å². The zero-order valence-electron chi connectivity index (χ0n) is 11.7. The summed E-state index contributed by atoms with van der Waals surface area (Å²) in [6.45, 7) is 1.59. The van der Waals surface area contributed by atoms with Gasteiger partial charge in [-0.05, 0) is 6.92 Å². The van der Waals surface area contributed by atoms with Gasteiger partial charge in [0.25, 0.3) is 0 Å². The summed E-state index contributed by atoms with van der Waals surface area (Å²) < 4.78 is 0. The Bertz CT molecular complexity index is 532. The van der Waals surface area contributed by atoms with Crippen LogP contribution in [0.25, 0.3) is 0 Å². The van der Waals surface area contributed by atoms with E-state index in [4.69, 9.17) is 28.3 Å². The molecule has 25 heavy (non-hydrogen) atoms. The third-order valence-electron chi connectivity index (χ3n) is 1.61. The van der Waals surface area contributed by atoms with Crippen molar-refractivity contribution in [2.75, 3.05) is 0 Å². The molecule has 2 aromatic heterocycles. The fourth-order valence-electron chi connectivity index (χ4n) is 0.893. The third kappa shape index (κ3) is 25.5. The van der Waals surface area contributed by atoms with E-state index in [9.17, 15) is 0 Å². The molecule has 0 bridgehead atoms. The fraction of sp³-hybridized carbons (Fsp3) is 0.273. The first-order chi connectivity index (χ1) is 11.3. The second kappa shape index (κ2) is 23.8. The quantitative estimate of drug-likeness (QED) is 0.303. The molecule has 1 atom stereocenters. The predicted molar refractivity (Wildman–Crippen MR) is 142 cm³/mol. The SMILES string of the molecule is C.CC(O)c1nccnc1Cl.Clc1cnccn1.[I][V]([I])[I].[I][V][I]. The Hall–Kier alpha value is 3.52. The summed E-state index contributed by atoms with van der Waals surface area (Å²) >= 11 is 23.1. The van der Waals surface area contributed by atoms with Crippen LogP contribution in [0.1, 0.15) is 26.1 Å². The van der Waals surface area contributed by atoms with Crippen molar-refractivity contribution in [1.29, 1.82) is 0 Å². The molecule has 2 rings (SSSR count). The van der Waals surface area contributed by atoms with Crippen LogP contribution in [0.15, 0.2) is 31.0 Å². The van der Waals surface area contributed by atoms with E-state index in [0.29, 0.717) is 20.3 Å². The van der Waals surface area contributed by atoms with Crippen molar-refractivity contribution < 1.29 is 19.5 Å². The summed E-state index contributed by atoms with van der Waals surface area (Å²) in [5, 5.41) is 9.71. The van der Waals surface area contributed by atoms with Gasteiger partial charge in [0.15, 0.2) is 5.15 Å². The van der Waals surface area contributed by atoms with Gasteiger partial charge in [-0.25, -0.2) is 9.97 Å². The molecule has 1 N–H and O–H groups in total. The molecule has 2 heterocycles. The van der Waals surface area contributed by atoms with Crippen molar-refractivity contribution in [3.8, 4) is 0 Å². The van der Waals surface area contributed by atoms with E-state index in [0.717, 1.165) is 0 Å². The van der Waals surface area contributed by atoms with Gasteiger partial charge in [-0.3, -0.25) is 9.97 Å². The van der Waals surface area contributed by atoms with E-state index < -0.39 is 6.10 Å². The van der Waals surface area contributed by atoms with Gasteiger partial charge in [0.1, 0.15) is 10.8 Å². The monoisotopic (exact) mass is 1020 g/mol. The molecule has 0 saturated heterocycles. The molecule has 5 nitrogen and oxygen atoms in total. The third-order valence-corrected chi connectivity index (χ3v) is 2.09. The van der Waals surface area contributed by atoms with Gasteiger partial charge in [0.2, 0.25) is 0 Å². The molecule has 0 saturated carbocycles. The van der Waals surface area contributed by atoms with Crippen molar-refractivity contribution >= 4 is 123 Å². The number of hydrogen-bond acceptors (Lipinski definition) is 5. The molecule has 143 valence electrons. The van der Waals surface area contributed by atoms with Gasteiger partial charge in [-0.15, -0.1) is 0 Å². The van der Waals surface area contributed by atoms with Crippen LogP contribution in [-0.4, -0.2) is 25.0 Å². The predicted octanol–water partition coefficient (Wildman–Crippen LogP) is 7.37. The average molecular weight is 1030 g/mol. The molecule has 0 radical (unpaired) electrons. The van der Waals surface area contributed by atoms with Crippen LogP contribution >= 0.6 is 123 Å². The zero-order valence-corrected chi connectivity index (χ0v) is 26.8. The molecule has 0 spiro atoms. The zero-order chi connectivity index (χ0) is 19.0. The van der Waals surface area contributed by atoms with Gasteiger partial charge in [0.05, 0.1) is 12.3 Å². The average Bonchev–Trinajstić information content (AvgIpc) is 2.49. The van der Waals surface area contributed by atoms with Crippen LogP contribution in [-0.2, 0) is 14.4 Å². The first-order valence-electron chi connectivity index (χ1n) is 5.51. The van der Waals surface area contributed by atoms with Gasteiger partial charge in [0, 0.05) is 24.8 Å². The minimum atomic E-state index is -0.652. The number of aliphatic hydroxyl groups excluding tert-OH is 1. The van der Waals surface area contributed by atoms with E-state index in [-0.39, 0.29) is 17.5 Å². The van der Waals surface area contributed by atoms with Crippen LogP contribution < -0.4 is 0 Å². The maximum atomic E-state index is 9.02. The molecule has 0 aliphatic rings. The van der Waals surface area contributed by atoms with Crippen LogP contribution in [0.4, 0.5) is 0 Å². The van der Waals surface area contributed by atoms with E-state index in [1.54, 1.807) is 19.3 Å². The number of aliphatic hydroxyl groups is 1. The van der Waals surface area contributed by atoms with Crippen molar-refractivity contribution in [3.05, 3.63) is 47.0 Å². The Morgan fingerprint density at radius 3 is 1.72 bits per heavy atom. The topological polar surface area (TPSA) is 71.8 Å². The summed E-state index contributed by atoms with van der Waals surface area (Å²) in [4.78, 5) is 14.7. The number of hydrogen-bond donors (Lipinski definition) is 1. The Morgan fingerprint density at radius 1 is 1.04 bits per heavy atom. The second-order valence-corrected chi connectivity index (χ2v) is 51.1. The van der Waals surface area contributed by atoms with Crippen molar-refractivity contribution in [2.45, 2.75) is 20.5 Å². The number of nitrogens with zero attached hydrogens (tertiary/aromatic N) is 4. The normalized spacial score (nSPS) is 9.68.